The van der Waals surface area contributed by atoms with Gasteiger partial charge in [0.2, 0.25) is 0 Å². The van der Waals surface area contributed by atoms with Gasteiger partial charge < -0.3 is 0 Å². The van der Waals surface area contributed by atoms with Crippen LogP contribution in [0.2, 0.25) is 0 Å². The van der Waals surface area contributed by atoms with Gasteiger partial charge in [0.25, 0.3) is 0 Å². The standard InChI is InChI=1S/C34H24B2.5C2H6.3Y/c1-3-9-23(10-4-1)17-25-13-7-15-27-19-29-21-30-20-28-16-8-14-26(18-24-11-5-2-6-12-24)34(28)36-32(30)22-31(29)35-33(25)27;5*1-2;;;/h1-9,11,13-16,21-22H,17-20H2;5*1-2H3;;;/q-2;;;;;;;;. The molecule has 5 heteroatoms. The van der Waals surface area contributed by atoms with E-state index in [-0.39, 0.29) is 98.1 Å². The van der Waals surface area contributed by atoms with Crippen LogP contribution in [-0.4, -0.2) is 14.6 Å². The third kappa shape index (κ3) is 14.1. The van der Waals surface area contributed by atoms with Gasteiger partial charge in [0.05, 0.1) is 0 Å². The van der Waals surface area contributed by atoms with E-state index < -0.39 is 0 Å². The Labute approximate surface area is 378 Å². The molecule has 0 aliphatic carbocycles. The molecule has 0 atom stereocenters. The normalized spacial score (nSPS) is 10.1. The third-order valence-corrected chi connectivity index (χ3v) is 7.64. The van der Waals surface area contributed by atoms with E-state index in [1.54, 1.807) is 0 Å². The Hall–Kier alpha value is -0.458. The molecule has 0 saturated heterocycles. The summed E-state index contributed by atoms with van der Waals surface area (Å²) in [6.45, 7) is 20.0. The zero-order valence-corrected chi connectivity index (χ0v) is 40.5. The molecule has 0 fully saturated rings. The molecule has 0 N–H and O–H groups in total. The first kappa shape index (κ1) is 50.6. The van der Waals surface area contributed by atoms with Gasteiger partial charge in [0.1, 0.15) is 0 Å². The van der Waals surface area contributed by atoms with Gasteiger partial charge in [-0.1, -0.05) is 151 Å². The van der Waals surface area contributed by atoms with Crippen LogP contribution in [0.3, 0.4) is 0 Å². The summed E-state index contributed by atoms with van der Waals surface area (Å²) in [7, 11) is 4.84. The van der Waals surface area contributed by atoms with Gasteiger partial charge in [0, 0.05) is 98.1 Å². The molecule has 2 aliphatic rings. The molecule has 5 aromatic carbocycles. The van der Waals surface area contributed by atoms with E-state index in [0.29, 0.717) is 0 Å². The zero-order chi connectivity index (χ0) is 33.9. The van der Waals surface area contributed by atoms with E-state index in [1.807, 2.05) is 93.5 Å². The maximum absolute atomic E-state index is 3.39. The number of hydrogen-bond donors (Lipinski definition) is 0. The zero-order valence-electron chi connectivity index (χ0n) is 32.0. The van der Waals surface area contributed by atoms with Crippen LogP contribution in [0.25, 0.3) is 0 Å². The minimum absolute atomic E-state index is 0. The van der Waals surface area contributed by atoms with Crippen molar-refractivity contribution in [2.24, 2.45) is 0 Å². The SMILES string of the molecule is CC.CC.CC.CC.CC.[B]1c2cc3c(cc2Cc2cccc(Cc4[c-]cccc4)c21)Cc1cccc(Cc2[c-]cccc2)c1[B]3.[Y].[Y].[Y]. The van der Waals surface area contributed by atoms with Crippen LogP contribution in [0, 0.1) is 12.1 Å². The summed E-state index contributed by atoms with van der Waals surface area (Å²) in [4.78, 5) is 0. The molecule has 2 heterocycles. The molecule has 49 heavy (non-hydrogen) atoms. The Morgan fingerprint density at radius 3 is 1.18 bits per heavy atom. The average Bonchev–Trinajstić information content (AvgIpc) is 3.14. The van der Waals surface area contributed by atoms with Gasteiger partial charge >= 0.3 is 0 Å². The molecule has 0 aromatic heterocycles. The van der Waals surface area contributed by atoms with E-state index in [0.717, 1.165) is 25.7 Å². The first-order valence-corrected chi connectivity index (χ1v) is 17.8. The van der Waals surface area contributed by atoms with Crippen molar-refractivity contribution in [3.8, 4) is 0 Å². The van der Waals surface area contributed by atoms with Crippen LogP contribution in [-0.2, 0) is 124 Å². The molecule has 2 aliphatic heterocycles. The van der Waals surface area contributed by atoms with Crippen molar-refractivity contribution < 1.29 is 98.1 Å². The molecule has 0 bridgehead atoms. The van der Waals surface area contributed by atoms with Crippen molar-refractivity contribution in [1.82, 2.24) is 0 Å². The van der Waals surface area contributed by atoms with Crippen molar-refractivity contribution in [3.05, 3.63) is 154 Å². The summed E-state index contributed by atoms with van der Waals surface area (Å²) in [5.74, 6) is 0. The number of benzene rings is 5. The number of hydrogen-bond acceptors (Lipinski definition) is 0. The van der Waals surface area contributed by atoms with Gasteiger partial charge in [0.15, 0.2) is 14.6 Å². The molecule has 0 amide bonds. The molecular weight excluding hydrogens is 817 g/mol. The second kappa shape index (κ2) is 29.0. The first-order valence-electron chi connectivity index (χ1n) is 17.8. The Morgan fingerprint density at radius 2 is 0.837 bits per heavy atom. The van der Waals surface area contributed by atoms with Gasteiger partial charge in [-0.25, -0.2) is 0 Å². The average molecular weight is 871 g/mol. The maximum Gasteiger partial charge on any atom is 0.192 e. The van der Waals surface area contributed by atoms with Gasteiger partial charge in [-0.3, -0.25) is 0 Å². The minimum Gasteiger partial charge on any atom is -0.180 e. The molecule has 5 aromatic rings. The van der Waals surface area contributed by atoms with Crippen molar-refractivity contribution in [3.63, 3.8) is 0 Å². The van der Waals surface area contributed by atoms with Crippen LogP contribution < -0.4 is 21.9 Å². The Balaban J connectivity index is 0. The molecule has 0 saturated carbocycles. The van der Waals surface area contributed by atoms with Crippen LogP contribution in [0.1, 0.15) is 114 Å². The van der Waals surface area contributed by atoms with Gasteiger partial charge in [-0.05, 0) is 47.9 Å². The molecule has 247 valence electrons. The fraction of sp³-hybridized carbons (Fsp3) is 0.318. The van der Waals surface area contributed by atoms with E-state index in [4.69, 9.17) is 0 Å². The third-order valence-electron chi connectivity index (χ3n) is 7.64. The van der Waals surface area contributed by atoms with Crippen molar-refractivity contribution in [1.29, 1.82) is 0 Å². The largest absolute Gasteiger partial charge is 0.192 e. The second-order valence-corrected chi connectivity index (χ2v) is 10.0. The summed E-state index contributed by atoms with van der Waals surface area (Å²) in [6, 6.07) is 41.9. The van der Waals surface area contributed by atoms with Gasteiger partial charge in [-0.2, -0.15) is 71.8 Å². The Bertz CT molecular complexity index is 1470. The molecule has 7 rings (SSSR count). The summed E-state index contributed by atoms with van der Waals surface area (Å²) in [5.41, 5.74) is 16.5. The van der Waals surface area contributed by atoms with Crippen molar-refractivity contribution in [2.75, 3.05) is 0 Å². The number of rotatable bonds is 4. The first-order chi connectivity index (χ1) is 22.8. The maximum atomic E-state index is 3.39. The Morgan fingerprint density at radius 1 is 0.449 bits per heavy atom. The molecular formula is C44H54B2Y3-2. The predicted octanol–water partition coefficient (Wildman–Crippen LogP) is 8.71. The molecule has 0 unspecified atom stereocenters. The van der Waals surface area contributed by atoms with E-state index in [2.05, 4.69) is 99.5 Å². The smallest absolute Gasteiger partial charge is 0.180 e. The number of fused-ring (bicyclic) bond motifs is 4. The predicted molar refractivity (Wildman–Crippen MR) is 208 cm³/mol. The minimum atomic E-state index is 0. The van der Waals surface area contributed by atoms with Crippen LogP contribution >= 0.6 is 0 Å². The molecule has 0 spiro atoms. The summed E-state index contributed by atoms with van der Waals surface area (Å²) < 4.78 is 0. The van der Waals surface area contributed by atoms with Crippen molar-refractivity contribution in [2.45, 2.75) is 94.9 Å². The molecule has 5 radical (unpaired) electrons. The van der Waals surface area contributed by atoms with Gasteiger partial charge in [-0.15, -0.1) is 0 Å². The summed E-state index contributed by atoms with van der Waals surface area (Å²) >= 11 is 0. The van der Waals surface area contributed by atoms with Crippen LogP contribution in [0.5, 0.6) is 0 Å². The van der Waals surface area contributed by atoms with Crippen molar-refractivity contribution >= 4 is 36.4 Å². The fourth-order valence-corrected chi connectivity index (χ4v) is 5.84. The monoisotopic (exact) mass is 871 g/mol. The van der Waals surface area contributed by atoms with E-state index in [1.165, 1.54) is 66.4 Å². The molecule has 0 nitrogen and oxygen atoms in total. The fourth-order valence-electron chi connectivity index (χ4n) is 5.84. The summed E-state index contributed by atoms with van der Waals surface area (Å²) in [6.07, 6.45) is 3.83. The van der Waals surface area contributed by atoms with E-state index >= 15 is 0 Å². The topological polar surface area (TPSA) is 0 Å². The second-order valence-electron chi connectivity index (χ2n) is 10.0. The van der Waals surface area contributed by atoms with Crippen LogP contribution in [0.15, 0.2) is 97.1 Å². The van der Waals surface area contributed by atoms with Crippen LogP contribution in [0.4, 0.5) is 0 Å². The Kier molecular flexibility index (Phi) is 30.0. The van der Waals surface area contributed by atoms with E-state index in [9.17, 15) is 0 Å². The quantitative estimate of drug-likeness (QED) is 0.123. The summed E-state index contributed by atoms with van der Waals surface area (Å²) in [5, 5.41) is 0.